The van der Waals surface area contributed by atoms with E-state index in [1.54, 1.807) is 11.0 Å². The normalized spacial score (nSPS) is 12.4. The van der Waals surface area contributed by atoms with E-state index in [2.05, 4.69) is 41.4 Å². The van der Waals surface area contributed by atoms with Gasteiger partial charge in [-0.3, -0.25) is 4.68 Å². The Bertz CT molecular complexity index is 506. The van der Waals surface area contributed by atoms with E-state index >= 15 is 0 Å². The first-order valence-electron chi connectivity index (χ1n) is 6.59. The average Bonchev–Trinajstić information content (AvgIpc) is 2.82. The van der Waals surface area contributed by atoms with Crippen molar-refractivity contribution in [2.24, 2.45) is 7.05 Å². The quantitative estimate of drug-likeness (QED) is 0.867. The SMILES string of the molecule is CCNC(CC)c1ccc(Oc2ncn(C)n2)cc1. The third kappa shape index (κ3) is 3.54. The summed E-state index contributed by atoms with van der Waals surface area (Å²) < 4.78 is 7.18. The molecular weight excluding hydrogens is 240 g/mol. The number of aromatic nitrogens is 3. The van der Waals surface area contributed by atoms with Crippen molar-refractivity contribution < 1.29 is 4.74 Å². The molecule has 102 valence electrons. The summed E-state index contributed by atoms with van der Waals surface area (Å²) in [6.45, 7) is 5.26. The monoisotopic (exact) mass is 260 g/mol. The highest BCUT2D eigenvalue weighted by atomic mass is 16.5. The second-order valence-corrected chi connectivity index (χ2v) is 4.39. The fourth-order valence-electron chi connectivity index (χ4n) is 1.98. The van der Waals surface area contributed by atoms with E-state index in [4.69, 9.17) is 4.74 Å². The molecule has 0 spiro atoms. The van der Waals surface area contributed by atoms with Gasteiger partial charge < -0.3 is 10.1 Å². The largest absolute Gasteiger partial charge is 0.423 e. The molecule has 0 radical (unpaired) electrons. The van der Waals surface area contributed by atoms with Gasteiger partial charge in [-0.25, -0.2) is 0 Å². The topological polar surface area (TPSA) is 52.0 Å². The van der Waals surface area contributed by atoms with E-state index in [-0.39, 0.29) is 0 Å². The van der Waals surface area contributed by atoms with Gasteiger partial charge in [-0.05, 0) is 30.7 Å². The second-order valence-electron chi connectivity index (χ2n) is 4.39. The van der Waals surface area contributed by atoms with Gasteiger partial charge in [-0.1, -0.05) is 26.0 Å². The molecule has 1 aromatic carbocycles. The summed E-state index contributed by atoms with van der Waals surface area (Å²) in [7, 11) is 1.81. The zero-order valence-electron chi connectivity index (χ0n) is 11.6. The van der Waals surface area contributed by atoms with E-state index in [0.29, 0.717) is 12.1 Å². The zero-order valence-corrected chi connectivity index (χ0v) is 11.6. The minimum absolute atomic E-state index is 0.369. The molecule has 1 heterocycles. The van der Waals surface area contributed by atoms with Crippen molar-refractivity contribution in [3.8, 4) is 11.8 Å². The van der Waals surface area contributed by atoms with Crippen molar-refractivity contribution in [3.05, 3.63) is 36.2 Å². The number of rotatable bonds is 6. The van der Waals surface area contributed by atoms with E-state index in [0.717, 1.165) is 18.7 Å². The molecule has 19 heavy (non-hydrogen) atoms. The predicted molar refractivity (Wildman–Crippen MR) is 74.2 cm³/mol. The summed E-state index contributed by atoms with van der Waals surface area (Å²) in [5, 5.41) is 7.53. The van der Waals surface area contributed by atoms with E-state index in [1.807, 2.05) is 19.2 Å². The number of aryl methyl sites for hydroxylation is 1. The summed E-state index contributed by atoms with van der Waals surface area (Å²) in [5.74, 6) is 0.751. The molecule has 5 heteroatoms. The van der Waals surface area contributed by atoms with Crippen LogP contribution in [0.25, 0.3) is 0 Å². The molecule has 0 bridgehead atoms. The summed E-state index contributed by atoms with van der Waals surface area (Å²) >= 11 is 0. The van der Waals surface area contributed by atoms with Gasteiger partial charge in [0.05, 0.1) is 0 Å². The summed E-state index contributed by atoms with van der Waals surface area (Å²) in [5.41, 5.74) is 1.27. The van der Waals surface area contributed by atoms with Gasteiger partial charge in [0, 0.05) is 13.1 Å². The Hall–Kier alpha value is -1.88. The molecule has 1 aromatic heterocycles. The number of nitrogens with one attached hydrogen (secondary N) is 1. The molecular formula is C14H20N4O. The van der Waals surface area contributed by atoms with Gasteiger partial charge in [-0.15, -0.1) is 5.10 Å². The first-order chi connectivity index (χ1) is 9.22. The van der Waals surface area contributed by atoms with Crippen molar-refractivity contribution in [1.82, 2.24) is 20.1 Å². The lowest BCUT2D eigenvalue weighted by molar-refractivity contribution is 0.438. The molecule has 0 fully saturated rings. The lowest BCUT2D eigenvalue weighted by Gasteiger charge is -2.16. The Morgan fingerprint density at radius 2 is 2.00 bits per heavy atom. The van der Waals surface area contributed by atoms with Crippen LogP contribution in [0.4, 0.5) is 0 Å². The van der Waals surface area contributed by atoms with Crippen molar-refractivity contribution in [1.29, 1.82) is 0 Å². The molecule has 1 atom stereocenters. The average molecular weight is 260 g/mol. The Morgan fingerprint density at radius 3 is 2.53 bits per heavy atom. The molecule has 2 aromatic rings. The Balaban J connectivity index is 2.05. The molecule has 0 saturated carbocycles. The Morgan fingerprint density at radius 1 is 1.26 bits per heavy atom. The van der Waals surface area contributed by atoms with Crippen molar-refractivity contribution in [2.75, 3.05) is 6.54 Å². The van der Waals surface area contributed by atoms with Crippen LogP contribution in [0.5, 0.6) is 11.8 Å². The van der Waals surface area contributed by atoms with Crippen LogP contribution in [0.3, 0.4) is 0 Å². The number of hydrogen-bond donors (Lipinski definition) is 1. The highest BCUT2D eigenvalue weighted by molar-refractivity contribution is 5.30. The highest BCUT2D eigenvalue weighted by Gasteiger charge is 2.08. The number of benzene rings is 1. The molecule has 5 nitrogen and oxygen atoms in total. The maximum absolute atomic E-state index is 5.56. The molecule has 0 aliphatic rings. The minimum Gasteiger partial charge on any atom is -0.423 e. The fourth-order valence-corrected chi connectivity index (χ4v) is 1.98. The number of hydrogen-bond acceptors (Lipinski definition) is 4. The van der Waals surface area contributed by atoms with Gasteiger partial charge in [0.1, 0.15) is 12.1 Å². The van der Waals surface area contributed by atoms with E-state index in [1.165, 1.54) is 5.56 Å². The van der Waals surface area contributed by atoms with Crippen LogP contribution in [-0.4, -0.2) is 21.3 Å². The fraction of sp³-hybridized carbons (Fsp3) is 0.429. The van der Waals surface area contributed by atoms with Crippen LogP contribution >= 0.6 is 0 Å². The highest BCUT2D eigenvalue weighted by Crippen LogP contribution is 2.22. The maximum atomic E-state index is 5.56. The first-order valence-corrected chi connectivity index (χ1v) is 6.59. The van der Waals surface area contributed by atoms with Crippen LogP contribution in [0.2, 0.25) is 0 Å². The van der Waals surface area contributed by atoms with Gasteiger partial charge in [0.15, 0.2) is 0 Å². The standard InChI is InChI=1S/C14H20N4O/c1-4-13(15-5-2)11-6-8-12(9-7-11)19-14-16-10-18(3)17-14/h6-10,13,15H,4-5H2,1-3H3. The van der Waals surface area contributed by atoms with Gasteiger partial charge in [0.25, 0.3) is 0 Å². The predicted octanol–water partition coefficient (Wildman–Crippen LogP) is 2.67. The smallest absolute Gasteiger partial charge is 0.340 e. The number of nitrogens with zero attached hydrogens (tertiary/aromatic N) is 3. The van der Waals surface area contributed by atoms with Crippen molar-refractivity contribution in [2.45, 2.75) is 26.3 Å². The lowest BCUT2D eigenvalue weighted by atomic mass is 10.0. The van der Waals surface area contributed by atoms with Crippen LogP contribution in [-0.2, 0) is 7.05 Å². The van der Waals surface area contributed by atoms with Crippen LogP contribution in [0.1, 0.15) is 31.9 Å². The third-order valence-corrected chi connectivity index (χ3v) is 2.93. The van der Waals surface area contributed by atoms with Crippen LogP contribution < -0.4 is 10.1 Å². The maximum Gasteiger partial charge on any atom is 0.340 e. The van der Waals surface area contributed by atoms with Gasteiger partial charge >= 0.3 is 6.01 Å². The molecule has 2 rings (SSSR count). The number of ether oxygens (including phenoxy) is 1. The summed E-state index contributed by atoms with van der Waals surface area (Å²) in [6, 6.07) is 8.82. The molecule has 0 saturated heterocycles. The second kappa shape index (κ2) is 6.33. The van der Waals surface area contributed by atoms with Gasteiger partial charge in [0.2, 0.25) is 0 Å². The van der Waals surface area contributed by atoms with E-state index in [9.17, 15) is 0 Å². The zero-order chi connectivity index (χ0) is 13.7. The summed E-state index contributed by atoms with van der Waals surface area (Å²) in [4.78, 5) is 4.03. The molecule has 1 N–H and O–H groups in total. The Kier molecular flexibility index (Phi) is 4.52. The first kappa shape index (κ1) is 13.5. The van der Waals surface area contributed by atoms with Crippen LogP contribution in [0, 0.1) is 0 Å². The van der Waals surface area contributed by atoms with Crippen LogP contribution in [0.15, 0.2) is 30.6 Å². The van der Waals surface area contributed by atoms with Gasteiger partial charge in [-0.2, -0.15) is 4.98 Å². The van der Waals surface area contributed by atoms with Crippen molar-refractivity contribution in [3.63, 3.8) is 0 Å². The molecule has 0 aliphatic carbocycles. The third-order valence-electron chi connectivity index (χ3n) is 2.93. The Labute approximate surface area is 113 Å². The molecule has 0 amide bonds. The van der Waals surface area contributed by atoms with Crippen molar-refractivity contribution >= 4 is 0 Å². The summed E-state index contributed by atoms with van der Waals surface area (Å²) in [6.07, 6.45) is 2.68. The minimum atomic E-state index is 0.369. The molecule has 0 aliphatic heterocycles. The van der Waals surface area contributed by atoms with E-state index < -0.39 is 0 Å². The molecule has 1 unspecified atom stereocenters. The lowest BCUT2D eigenvalue weighted by Crippen LogP contribution is -2.19.